The molecule has 2 N–H and O–H groups in total. The van der Waals surface area contributed by atoms with Crippen LogP contribution in [0.4, 0.5) is 0 Å². The number of nitrogens with zero attached hydrogens (tertiary/aromatic N) is 1. The van der Waals surface area contributed by atoms with Crippen LogP contribution in [0.15, 0.2) is 0 Å². The van der Waals surface area contributed by atoms with Crippen LogP contribution in [0.1, 0.15) is 13.3 Å². The lowest BCUT2D eigenvalue weighted by atomic mass is 9.90. The maximum Gasteiger partial charge on any atom is 0.248 e. The highest BCUT2D eigenvalue weighted by Crippen LogP contribution is 2.45. The summed E-state index contributed by atoms with van der Waals surface area (Å²) >= 11 is 0. The van der Waals surface area contributed by atoms with Gasteiger partial charge in [-0.15, -0.1) is 0 Å². The van der Waals surface area contributed by atoms with Crippen LogP contribution in [0.3, 0.4) is 0 Å². The third kappa shape index (κ3) is 1.76. The Kier molecular flexibility index (Phi) is 2.98. The zero-order chi connectivity index (χ0) is 11.0. The Hall–Kier alpha value is -0.610. The summed E-state index contributed by atoms with van der Waals surface area (Å²) in [6.07, 6.45) is 1.10. The van der Waals surface area contributed by atoms with Gasteiger partial charge in [0, 0.05) is 19.7 Å². The van der Waals surface area contributed by atoms with Crippen molar-refractivity contribution in [2.75, 3.05) is 26.3 Å². The number of carbonyl (C=O) groups excluding carboxylic acids is 1. The molecule has 15 heavy (non-hydrogen) atoms. The smallest absolute Gasteiger partial charge is 0.248 e. The number of fused-ring (bicyclic) bond motifs is 1. The van der Waals surface area contributed by atoms with Gasteiger partial charge < -0.3 is 15.1 Å². The first-order valence-corrected chi connectivity index (χ1v) is 5.66. The minimum Gasteiger partial charge on any atom is -0.396 e. The maximum absolute atomic E-state index is 11.3. The number of hydrogen-bond donors (Lipinski definition) is 2. The molecular formula is C11H19NO3. The Labute approximate surface area is 89.9 Å². The van der Waals surface area contributed by atoms with Crippen LogP contribution in [0.5, 0.6) is 0 Å². The summed E-state index contributed by atoms with van der Waals surface area (Å²) < 4.78 is 0. The first-order chi connectivity index (χ1) is 7.17. The molecule has 86 valence electrons. The second kappa shape index (κ2) is 4.10. The summed E-state index contributed by atoms with van der Waals surface area (Å²) in [5, 5.41) is 18.1. The molecule has 4 nitrogen and oxygen atoms in total. The minimum atomic E-state index is -0.390. The fourth-order valence-electron chi connectivity index (χ4n) is 3.32. The van der Waals surface area contributed by atoms with Crippen molar-refractivity contribution in [1.29, 1.82) is 0 Å². The fourth-order valence-corrected chi connectivity index (χ4v) is 3.32. The molecule has 1 amide bonds. The van der Waals surface area contributed by atoms with E-state index in [1.54, 1.807) is 4.90 Å². The first-order valence-electron chi connectivity index (χ1n) is 5.66. The van der Waals surface area contributed by atoms with Crippen LogP contribution in [-0.2, 0) is 4.79 Å². The van der Waals surface area contributed by atoms with Crippen LogP contribution in [0.2, 0.25) is 0 Å². The average molecular weight is 213 g/mol. The van der Waals surface area contributed by atoms with E-state index in [0.29, 0.717) is 23.7 Å². The van der Waals surface area contributed by atoms with E-state index in [1.165, 1.54) is 0 Å². The molecule has 0 radical (unpaired) electrons. The van der Waals surface area contributed by atoms with E-state index in [4.69, 9.17) is 5.11 Å². The zero-order valence-electron chi connectivity index (χ0n) is 9.09. The molecule has 4 atom stereocenters. The SMILES string of the molecule is C[C@H]1C[C@H]2CN(C(=O)CO)C[C@H]2[C@@H]1CO. The molecule has 0 aromatic heterocycles. The van der Waals surface area contributed by atoms with Crippen LogP contribution < -0.4 is 0 Å². The molecule has 0 bridgehead atoms. The lowest BCUT2D eigenvalue weighted by molar-refractivity contribution is -0.133. The van der Waals surface area contributed by atoms with Crippen molar-refractivity contribution in [1.82, 2.24) is 4.90 Å². The van der Waals surface area contributed by atoms with Crippen molar-refractivity contribution in [2.45, 2.75) is 13.3 Å². The summed E-state index contributed by atoms with van der Waals surface area (Å²) in [6.45, 7) is 3.50. The van der Waals surface area contributed by atoms with Gasteiger partial charge in [0.1, 0.15) is 6.61 Å². The van der Waals surface area contributed by atoms with E-state index in [2.05, 4.69) is 6.92 Å². The molecule has 4 heteroatoms. The largest absolute Gasteiger partial charge is 0.396 e. The number of likely N-dealkylation sites (tertiary alicyclic amines) is 1. The van der Waals surface area contributed by atoms with Gasteiger partial charge in [-0.05, 0) is 30.1 Å². The fraction of sp³-hybridized carbons (Fsp3) is 0.909. The molecule has 1 saturated heterocycles. The summed E-state index contributed by atoms with van der Waals surface area (Å²) in [5.74, 6) is 1.71. The minimum absolute atomic E-state index is 0.172. The predicted molar refractivity (Wildman–Crippen MR) is 55.0 cm³/mol. The molecule has 0 spiro atoms. The van der Waals surface area contributed by atoms with Crippen molar-refractivity contribution < 1.29 is 15.0 Å². The van der Waals surface area contributed by atoms with Crippen LogP contribution >= 0.6 is 0 Å². The maximum atomic E-state index is 11.3. The second-order valence-electron chi connectivity index (χ2n) is 4.94. The van der Waals surface area contributed by atoms with Crippen LogP contribution in [0, 0.1) is 23.7 Å². The van der Waals surface area contributed by atoms with E-state index in [-0.39, 0.29) is 12.5 Å². The summed E-state index contributed by atoms with van der Waals surface area (Å²) in [6, 6.07) is 0. The number of aliphatic hydroxyl groups is 2. The molecule has 1 aliphatic heterocycles. The third-order valence-corrected chi connectivity index (χ3v) is 4.15. The Bertz CT molecular complexity index is 256. The Morgan fingerprint density at radius 2 is 2.13 bits per heavy atom. The normalized spacial score (nSPS) is 39.5. The molecule has 2 rings (SSSR count). The van der Waals surface area contributed by atoms with Gasteiger partial charge in [-0.25, -0.2) is 0 Å². The standard InChI is InChI=1S/C11H19NO3/c1-7-2-8-3-12(11(15)6-14)4-9(8)10(7)5-13/h7-10,13-14H,2-6H2,1H3/t7-,8-,9+,10+/m0/s1. The van der Waals surface area contributed by atoms with Crippen LogP contribution in [-0.4, -0.2) is 47.3 Å². The lowest BCUT2D eigenvalue weighted by Crippen LogP contribution is -2.33. The molecule has 1 aliphatic carbocycles. The van der Waals surface area contributed by atoms with E-state index < -0.39 is 6.61 Å². The molecule has 0 aromatic carbocycles. The van der Waals surface area contributed by atoms with Crippen molar-refractivity contribution in [3.8, 4) is 0 Å². The Balaban J connectivity index is 2.02. The Morgan fingerprint density at radius 1 is 1.40 bits per heavy atom. The van der Waals surface area contributed by atoms with Gasteiger partial charge in [0.05, 0.1) is 0 Å². The predicted octanol–water partition coefficient (Wildman–Crippen LogP) is -0.298. The van der Waals surface area contributed by atoms with Crippen LogP contribution in [0.25, 0.3) is 0 Å². The first kappa shape index (κ1) is 10.9. The van der Waals surface area contributed by atoms with Gasteiger partial charge in [0.25, 0.3) is 0 Å². The highest BCUT2D eigenvalue weighted by atomic mass is 16.3. The summed E-state index contributed by atoms with van der Waals surface area (Å²) in [4.78, 5) is 13.1. The number of aliphatic hydroxyl groups excluding tert-OH is 2. The average Bonchev–Trinajstić information content (AvgIpc) is 2.73. The van der Waals surface area contributed by atoms with E-state index in [1.807, 2.05) is 0 Å². The van der Waals surface area contributed by atoms with E-state index >= 15 is 0 Å². The number of rotatable bonds is 2. The Morgan fingerprint density at radius 3 is 2.73 bits per heavy atom. The molecule has 0 aromatic rings. The second-order valence-corrected chi connectivity index (χ2v) is 4.94. The number of hydrogen-bond acceptors (Lipinski definition) is 3. The van der Waals surface area contributed by atoms with Crippen molar-refractivity contribution in [3.05, 3.63) is 0 Å². The van der Waals surface area contributed by atoms with Gasteiger partial charge in [0.15, 0.2) is 0 Å². The molecular weight excluding hydrogens is 194 g/mol. The monoisotopic (exact) mass is 213 g/mol. The summed E-state index contributed by atoms with van der Waals surface area (Å²) in [7, 11) is 0. The molecule has 2 aliphatic rings. The quantitative estimate of drug-likeness (QED) is 0.662. The van der Waals surface area contributed by atoms with Gasteiger partial charge in [-0.2, -0.15) is 0 Å². The zero-order valence-corrected chi connectivity index (χ0v) is 9.09. The molecule has 0 unspecified atom stereocenters. The van der Waals surface area contributed by atoms with Crippen molar-refractivity contribution in [3.63, 3.8) is 0 Å². The van der Waals surface area contributed by atoms with Gasteiger partial charge in [-0.3, -0.25) is 4.79 Å². The topological polar surface area (TPSA) is 60.8 Å². The van der Waals surface area contributed by atoms with E-state index in [9.17, 15) is 9.90 Å². The third-order valence-electron chi connectivity index (χ3n) is 4.15. The summed E-state index contributed by atoms with van der Waals surface area (Å²) in [5.41, 5.74) is 0. The highest BCUT2D eigenvalue weighted by molar-refractivity contribution is 5.77. The van der Waals surface area contributed by atoms with Crippen molar-refractivity contribution in [2.24, 2.45) is 23.7 Å². The van der Waals surface area contributed by atoms with Crippen molar-refractivity contribution >= 4 is 5.91 Å². The van der Waals surface area contributed by atoms with Gasteiger partial charge >= 0.3 is 0 Å². The number of amides is 1. The molecule has 1 heterocycles. The molecule has 1 saturated carbocycles. The number of carbonyl (C=O) groups is 1. The highest BCUT2D eigenvalue weighted by Gasteiger charge is 2.46. The van der Waals surface area contributed by atoms with Gasteiger partial charge in [-0.1, -0.05) is 6.92 Å². The van der Waals surface area contributed by atoms with Gasteiger partial charge in [0.2, 0.25) is 5.91 Å². The van der Waals surface area contributed by atoms with E-state index in [0.717, 1.165) is 19.5 Å². The lowest BCUT2D eigenvalue weighted by Gasteiger charge is -2.21. The molecule has 2 fully saturated rings.